The van der Waals surface area contributed by atoms with Crippen molar-refractivity contribution in [2.75, 3.05) is 17.2 Å². The fourth-order valence-corrected chi connectivity index (χ4v) is 5.21. The van der Waals surface area contributed by atoms with E-state index >= 15 is 0 Å². The number of aromatic nitrogens is 3. The molecule has 1 atom stereocenters. The molecule has 1 fully saturated rings. The SMILES string of the molecule is CCc1cc(NC(=O)C(=O)N2CCCC[C@H]2c2cc3cn[nH]c3s2)cnc1NC(=O)OC(C)(C)C. The summed E-state index contributed by atoms with van der Waals surface area (Å²) < 4.78 is 5.28. The third-order valence-corrected chi connectivity index (χ3v) is 6.82. The number of anilines is 2. The number of nitrogens with one attached hydrogen (secondary N) is 3. The lowest BCUT2D eigenvalue weighted by atomic mass is 10.0. The van der Waals surface area contributed by atoms with Gasteiger partial charge in [0.2, 0.25) is 0 Å². The fourth-order valence-electron chi connectivity index (χ4n) is 4.08. The molecule has 3 amide bonds. The number of H-pyrrole nitrogens is 1. The third-order valence-electron chi connectivity index (χ3n) is 5.66. The zero-order valence-corrected chi connectivity index (χ0v) is 21.1. The molecule has 3 N–H and O–H groups in total. The van der Waals surface area contributed by atoms with Gasteiger partial charge in [-0.15, -0.1) is 11.3 Å². The number of likely N-dealkylation sites (tertiary alicyclic amines) is 1. The molecule has 0 radical (unpaired) electrons. The van der Waals surface area contributed by atoms with Gasteiger partial charge in [0.15, 0.2) is 0 Å². The number of rotatable bonds is 4. The van der Waals surface area contributed by atoms with Crippen LogP contribution in [0.5, 0.6) is 0 Å². The molecule has 0 unspecified atom stereocenters. The first kappa shape index (κ1) is 24.6. The maximum Gasteiger partial charge on any atom is 0.413 e. The summed E-state index contributed by atoms with van der Waals surface area (Å²) in [4.78, 5) is 46.1. The van der Waals surface area contributed by atoms with Gasteiger partial charge in [-0.25, -0.2) is 9.78 Å². The molecule has 3 aromatic heterocycles. The Balaban J connectivity index is 1.45. The van der Waals surface area contributed by atoms with Gasteiger partial charge < -0.3 is 15.0 Å². The Morgan fingerprint density at radius 1 is 1.20 bits per heavy atom. The van der Waals surface area contributed by atoms with Crippen molar-refractivity contribution >= 4 is 51.0 Å². The van der Waals surface area contributed by atoms with Crippen molar-refractivity contribution in [1.82, 2.24) is 20.1 Å². The van der Waals surface area contributed by atoms with E-state index in [0.717, 1.165) is 34.4 Å². The van der Waals surface area contributed by atoms with E-state index in [9.17, 15) is 14.4 Å². The molecule has 1 aliphatic rings. The lowest BCUT2D eigenvalue weighted by molar-refractivity contribution is -0.145. The Kier molecular flexibility index (Phi) is 7.06. The molecule has 1 saturated heterocycles. The summed E-state index contributed by atoms with van der Waals surface area (Å²) in [5.41, 5.74) is 0.461. The van der Waals surface area contributed by atoms with Crippen LogP contribution in [-0.2, 0) is 20.7 Å². The van der Waals surface area contributed by atoms with Crippen LogP contribution in [0.4, 0.5) is 16.3 Å². The Morgan fingerprint density at radius 3 is 2.71 bits per heavy atom. The summed E-state index contributed by atoms with van der Waals surface area (Å²) in [5.74, 6) is -0.929. The molecule has 4 heterocycles. The van der Waals surface area contributed by atoms with E-state index in [-0.39, 0.29) is 6.04 Å². The van der Waals surface area contributed by atoms with Crippen LogP contribution in [0.3, 0.4) is 0 Å². The molecule has 0 saturated carbocycles. The second-order valence-electron chi connectivity index (χ2n) is 9.48. The number of aromatic amines is 1. The fraction of sp³-hybridized carbons (Fsp3) is 0.458. The highest BCUT2D eigenvalue weighted by molar-refractivity contribution is 7.18. The number of aryl methyl sites for hydroxylation is 1. The number of fused-ring (bicyclic) bond motifs is 1. The number of hydrogen-bond acceptors (Lipinski definition) is 7. The van der Waals surface area contributed by atoms with Crippen molar-refractivity contribution in [3.63, 3.8) is 0 Å². The van der Waals surface area contributed by atoms with Gasteiger partial charge in [0.05, 0.1) is 24.1 Å². The molecule has 0 aliphatic carbocycles. The number of ether oxygens (including phenoxy) is 1. The molecule has 35 heavy (non-hydrogen) atoms. The van der Waals surface area contributed by atoms with E-state index in [1.165, 1.54) is 6.20 Å². The highest BCUT2D eigenvalue weighted by Crippen LogP contribution is 2.37. The molecule has 1 aliphatic heterocycles. The second kappa shape index (κ2) is 10.0. The molecular formula is C24H30N6O4S. The first-order valence-electron chi connectivity index (χ1n) is 11.7. The topological polar surface area (TPSA) is 129 Å². The van der Waals surface area contributed by atoms with Crippen molar-refractivity contribution in [2.24, 2.45) is 0 Å². The predicted octanol–water partition coefficient (Wildman–Crippen LogP) is 4.62. The first-order chi connectivity index (χ1) is 16.6. The molecule has 0 aromatic carbocycles. The molecule has 3 aromatic rings. The summed E-state index contributed by atoms with van der Waals surface area (Å²) in [6.45, 7) is 7.77. The van der Waals surface area contributed by atoms with E-state index < -0.39 is 23.5 Å². The highest BCUT2D eigenvalue weighted by Gasteiger charge is 2.33. The van der Waals surface area contributed by atoms with Crippen LogP contribution >= 0.6 is 11.3 Å². The molecule has 186 valence electrons. The van der Waals surface area contributed by atoms with Crippen LogP contribution in [0.25, 0.3) is 10.2 Å². The number of hydrogen-bond donors (Lipinski definition) is 3. The smallest absolute Gasteiger partial charge is 0.413 e. The molecule has 10 nitrogen and oxygen atoms in total. The van der Waals surface area contributed by atoms with Crippen molar-refractivity contribution < 1.29 is 19.1 Å². The van der Waals surface area contributed by atoms with Crippen LogP contribution < -0.4 is 10.6 Å². The normalized spacial score (nSPS) is 16.2. The number of pyridine rings is 1. The maximum atomic E-state index is 13.1. The zero-order valence-electron chi connectivity index (χ0n) is 20.3. The van der Waals surface area contributed by atoms with Gasteiger partial charge in [0.25, 0.3) is 0 Å². The minimum Gasteiger partial charge on any atom is -0.444 e. The van der Waals surface area contributed by atoms with Gasteiger partial charge in [-0.1, -0.05) is 6.92 Å². The number of piperidine rings is 1. The summed E-state index contributed by atoms with van der Waals surface area (Å²) >= 11 is 1.56. The lowest BCUT2D eigenvalue weighted by Gasteiger charge is -2.34. The van der Waals surface area contributed by atoms with Crippen molar-refractivity contribution in [3.8, 4) is 0 Å². The number of carbonyl (C=O) groups is 3. The third kappa shape index (κ3) is 5.79. The van der Waals surface area contributed by atoms with E-state index in [0.29, 0.717) is 30.0 Å². The van der Waals surface area contributed by atoms with Gasteiger partial charge in [-0.3, -0.25) is 20.0 Å². The van der Waals surface area contributed by atoms with Gasteiger partial charge in [0.1, 0.15) is 16.2 Å². The van der Waals surface area contributed by atoms with Crippen molar-refractivity contribution in [3.05, 3.63) is 35.0 Å². The minimum atomic E-state index is -0.711. The number of amides is 3. The van der Waals surface area contributed by atoms with E-state index in [2.05, 4.69) is 25.8 Å². The average molecular weight is 499 g/mol. The molecule has 0 bridgehead atoms. The number of nitrogens with zero attached hydrogens (tertiary/aromatic N) is 3. The van der Waals surface area contributed by atoms with E-state index in [4.69, 9.17) is 4.74 Å². The Hall–Kier alpha value is -3.47. The maximum absolute atomic E-state index is 13.1. The summed E-state index contributed by atoms with van der Waals surface area (Å²) in [5, 5.41) is 13.3. The molecule has 11 heteroatoms. The number of thiophene rings is 1. The van der Waals surface area contributed by atoms with Crippen molar-refractivity contribution in [1.29, 1.82) is 0 Å². The standard InChI is InChI=1S/C24H30N6O4S/c1-5-14-10-16(13-25-19(14)28-23(33)34-24(2,3)4)27-20(31)22(32)30-9-7-6-8-17(30)18-11-15-12-26-29-21(15)35-18/h10-13,17H,5-9H2,1-4H3,(H,26,29)(H,27,31)(H,25,28,33)/t17-/m0/s1. The predicted molar refractivity (Wildman–Crippen MR) is 134 cm³/mol. The van der Waals surface area contributed by atoms with Gasteiger partial charge >= 0.3 is 17.9 Å². The van der Waals surface area contributed by atoms with E-state index in [1.807, 2.05) is 13.0 Å². The highest BCUT2D eigenvalue weighted by atomic mass is 32.1. The molecule has 0 spiro atoms. The van der Waals surface area contributed by atoms with Crippen LogP contribution in [-0.4, -0.2) is 50.1 Å². The van der Waals surface area contributed by atoms with Crippen LogP contribution in [0.2, 0.25) is 0 Å². The molecular weight excluding hydrogens is 468 g/mol. The lowest BCUT2D eigenvalue weighted by Crippen LogP contribution is -2.44. The van der Waals surface area contributed by atoms with Crippen LogP contribution in [0.1, 0.15) is 63.4 Å². The van der Waals surface area contributed by atoms with Crippen molar-refractivity contribution in [2.45, 2.75) is 65.0 Å². The quantitative estimate of drug-likeness (QED) is 0.450. The summed E-state index contributed by atoms with van der Waals surface area (Å²) in [7, 11) is 0. The van der Waals surface area contributed by atoms with Gasteiger partial charge in [0, 0.05) is 16.8 Å². The monoisotopic (exact) mass is 498 g/mol. The first-order valence-corrected chi connectivity index (χ1v) is 12.5. The van der Waals surface area contributed by atoms with Gasteiger partial charge in [-0.05, 0) is 64.2 Å². The zero-order chi connectivity index (χ0) is 25.2. The summed E-state index contributed by atoms with van der Waals surface area (Å²) in [6.07, 6.45) is 5.79. The second-order valence-corrected chi connectivity index (χ2v) is 10.6. The summed E-state index contributed by atoms with van der Waals surface area (Å²) in [6, 6.07) is 3.59. The Labute approximate surface area is 207 Å². The van der Waals surface area contributed by atoms with Crippen LogP contribution in [0.15, 0.2) is 24.5 Å². The molecule has 4 rings (SSSR count). The largest absolute Gasteiger partial charge is 0.444 e. The minimum absolute atomic E-state index is 0.141. The van der Waals surface area contributed by atoms with Gasteiger partial charge in [-0.2, -0.15) is 5.10 Å². The van der Waals surface area contributed by atoms with Crippen LogP contribution in [0, 0.1) is 0 Å². The average Bonchev–Trinajstić information content (AvgIpc) is 3.41. The Bertz CT molecular complexity index is 1220. The number of carbonyl (C=O) groups excluding carboxylic acids is 3. The van der Waals surface area contributed by atoms with E-state index in [1.54, 1.807) is 49.3 Å². The Morgan fingerprint density at radius 2 is 2.00 bits per heavy atom.